The number of carbonyl (C=O) groups is 1. The van der Waals surface area contributed by atoms with Gasteiger partial charge in [-0.25, -0.2) is 0 Å². The summed E-state index contributed by atoms with van der Waals surface area (Å²) in [6.07, 6.45) is 0. The van der Waals surface area contributed by atoms with Gasteiger partial charge >= 0.3 is 5.97 Å². The zero-order valence-corrected chi connectivity index (χ0v) is 10.5. The highest BCUT2D eigenvalue weighted by atomic mass is 32.2. The maximum atomic E-state index is 11.1. The van der Waals surface area contributed by atoms with E-state index in [-0.39, 0.29) is 11.9 Å². The van der Waals surface area contributed by atoms with Gasteiger partial charge < -0.3 is 4.74 Å². The number of allylic oxidation sites excluding steroid dienone is 1. The smallest absolute Gasteiger partial charge is 0.309 e. The second kappa shape index (κ2) is 6.93. The number of hydrogen-bond donors (Lipinski definition) is 0. The second-order valence-corrected chi connectivity index (χ2v) is 4.75. The van der Waals surface area contributed by atoms with Crippen LogP contribution in [0, 0.1) is 5.92 Å². The molecule has 0 aliphatic heterocycles. The van der Waals surface area contributed by atoms with Gasteiger partial charge in [0.25, 0.3) is 0 Å². The Morgan fingerprint density at radius 2 is 1.93 bits per heavy atom. The van der Waals surface area contributed by atoms with Gasteiger partial charge in [-0.05, 0) is 20.8 Å². The van der Waals surface area contributed by atoms with Crippen molar-refractivity contribution in [3.8, 4) is 0 Å². The van der Waals surface area contributed by atoms with Crippen molar-refractivity contribution in [2.75, 3.05) is 18.6 Å². The first kappa shape index (κ1) is 13.6. The second-order valence-electron chi connectivity index (χ2n) is 3.72. The van der Waals surface area contributed by atoms with Gasteiger partial charge in [-0.15, -0.1) is 0 Å². The molecule has 0 heterocycles. The highest BCUT2D eigenvalue weighted by molar-refractivity contribution is 7.99. The average Bonchev–Trinajstić information content (AvgIpc) is 2.15. The predicted octanol–water partition coefficient (Wildman–Crippen LogP) is 2.89. The largest absolute Gasteiger partial charge is 0.469 e. The first-order chi connectivity index (χ1) is 6.49. The summed E-state index contributed by atoms with van der Waals surface area (Å²) < 4.78 is 4.65. The van der Waals surface area contributed by atoms with Crippen LogP contribution in [0.3, 0.4) is 0 Å². The first-order valence-electron chi connectivity index (χ1n) is 4.77. The van der Waals surface area contributed by atoms with Crippen LogP contribution in [0.5, 0.6) is 0 Å². The highest BCUT2D eigenvalue weighted by Crippen LogP contribution is 2.15. The zero-order chi connectivity index (χ0) is 11.1. The third-order valence-corrected chi connectivity index (χ3v) is 3.52. The number of hydrogen-bond acceptors (Lipinski definition) is 3. The van der Waals surface area contributed by atoms with E-state index in [0.29, 0.717) is 0 Å². The predicted molar refractivity (Wildman–Crippen MR) is 62.6 cm³/mol. The molecule has 0 bridgehead atoms. The summed E-state index contributed by atoms with van der Waals surface area (Å²) >= 11 is 1.78. The molecule has 0 aliphatic rings. The molecule has 0 spiro atoms. The first-order valence-corrected chi connectivity index (χ1v) is 5.93. The Kier molecular flexibility index (Phi) is 6.71. The zero-order valence-electron chi connectivity index (χ0n) is 9.72. The molecule has 0 aromatic rings. The Labute approximate surface area is 91.1 Å². The van der Waals surface area contributed by atoms with Crippen molar-refractivity contribution >= 4 is 17.7 Å². The summed E-state index contributed by atoms with van der Waals surface area (Å²) in [4.78, 5) is 11.1. The van der Waals surface area contributed by atoms with Gasteiger partial charge in [-0.3, -0.25) is 4.79 Å². The van der Waals surface area contributed by atoms with E-state index in [1.807, 2.05) is 6.92 Å². The van der Waals surface area contributed by atoms with Gasteiger partial charge in [0.1, 0.15) is 0 Å². The van der Waals surface area contributed by atoms with Crippen molar-refractivity contribution < 1.29 is 9.53 Å². The van der Waals surface area contributed by atoms with Gasteiger partial charge in [0.15, 0.2) is 0 Å². The lowest BCUT2D eigenvalue weighted by Gasteiger charge is -2.09. The summed E-state index contributed by atoms with van der Waals surface area (Å²) in [5, 5.41) is 0. The van der Waals surface area contributed by atoms with Crippen LogP contribution < -0.4 is 0 Å². The standard InChI is InChI=1S/C11H20O2S/c1-8(2)9(3)6-14-7-10(4)11(12)13-5/h10H,6-7H2,1-5H3. The van der Waals surface area contributed by atoms with Crippen molar-refractivity contribution in [1.82, 2.24) is 0 Å². The van der Waals surface area contributed by atoms with Gasteiger partial charge in [-0.2, -0.15) is 11.8 Å². The molecule has 0 saturated heterocycles. The molecule has 1 atom stereocenters. The third kappa shape index (κ3) is 5.32. The van der Waals surface area contributed by atoms with Gasteiger partial charge in [0.05, 0.1) is 13.0 Å². The molecule has 0 saturated carbocycles. The van der Waals surface area contributed by atoms with Crippen LogP contribution in [0.1, 0.15) is 27.7 Å². The van der Waals surface area contributed by atoms with Crippen molar-refractivity contribution in [3.05, 3.63) is 11.1 Å². The van der Waals surface area contributed by atoms with Crippen LogP contribution in [-0.4, -0.2) is 24.6 Å². The number of thioether (sulfide) groups is 1. The number of esters is 1. The molecular formula is C11H20O2S. The van der Waals surface area contributed by atoms with Gasteiger partial charge in [0, 0.05) is 11.5 Å². The topological polar surface area (TPSA) is 26.3 Å². The van der Waals surface area contributed by atoms with E-state index in [1.165, 1.54) is 18.3 Å². The Hall–Kier alpha value is -0.440. The van der Waals surface area contributed by atoms with E-state index < -0.39 is 0 Å². The minimum absolute atomic E-state index is 0.00466. The molecule has 14 heavy (non-hydrogen) atoms. The molecule has 3 heteroatoms. The molecule has 0 rings (SSSR count). The van der Waals surface area contributed by atoms with Crippen LogP contribution >= 0.6 is 11.8 Å². The van der Waals surface area contributed by atoms with Crippen LogP contribution in [0.15, 0.2) is 11.1 Å². The van der Waals surface area contributed by atoms with Gasteiger partial charge in [0.2, 0.25) is 0 Å². The van der Waals surface area contributed by atoms with Gasteiger partial charge in [-0.1, -0.05) is 18.1 Å². The van der Waals surface area contributed by atoms with Crippen molar-refractivity contribution in [2.24, 2.45) is 5.92 Å². The highest BCUT2D eigenvalue weighted by Gasteiger charge is 2.12. The van der Waals surface area contributed by atoms with E-state index in [4.69, 9.17) is 0 Å². The minimum atomic E-state index is -0.118. The molecule has 0 fully saturated rings. The lowest BCUT2D eigenvalue weighted by atomic mass is 10.2. The molecule has 0 aromatic carbocycles. The lowest BCUT2D eigenvalue weighted by Crippen LogP contribution is -2.15. The molecule has 82 valence electrons. The minimum Gasteiger partial charge on any atom is -0.469 e. The van der Waals surface area contributed by atoms with Crippen molar-refractivity contribution in [1.29, 1.82) is 0 Å². The average molecular weight is 216 g/mol. The van der Waals surface area contributed by atoms with Crippen LogP contribution in [0.25, 0.3) is 0 Å². The fourth-order valence-corrected chi connectivity index (χ4v) is 2.00. The third-order valence-electron chi connectivity index (χ3n) is 2.14. The summed E-state index contributed by atoms with van der Waals surface area (Å²) in [5.74, 6) is 1.71. The summed E-state index contributed by atoms with van der Waals surface area (Å²) in [5.41, 5.74) is 2.76. The quantitative estimate of drug-likeness (QED) is 0.522. The van der Waals surface area contributed by atoms with E-state index in [1.54, 1.807) is 11.8 Å². The Morgan fingerprint density at radius 3 is 2.36 bits per heavy atom. The van der Waals surface area contributed by atoms with Crippen molar-refractivity contribution in [3.63, 3.8) is 0 Å². The Bertz CT molecular complexity index is 217. The normalized spacial score (nSPS) is 12.1. The number of ether oxygens (including phenoxy) is 1. The SMILES string of the molecule is COC(=O)C(C)CSCC(C)=C(C)C. The Morgan fingerprint density at radius 1 is 1.36 bits per heavy atom. The fraction of sp³-hybridized carbons (Fsp3) is 0.727. The molecule has 0 aromatic heterocycles. The maximum absolute atomic E-state index is 11.1. The molecule has 0 amide bonds. The molecular weight excluding hydrogens is 196 g/mol. The number of carbonyl (C=O) groups excluding carboxylic acids is 1. The molecule has 0 radical (unpaired) electrons. The maximum Gasteiger partial charge on any atom is 0.309 e. The van der Waals surface area contributed by atoms with Crippen LogP contribution in [0.2, 0.25) is 0 Å². The van der Waals surface area contributed by atoms with E-state index >= 15 is 0 Å². The molecule has 2 nitrogen and oxygen atoms in total. The molecule has 0 N–H and O–H groups in total. The van der Waals surface area contributed by atoms with Crippen LogP contribution in [0.4, 0.5) is 0 Å². The monoisotopic (exact) mass is 216 g/mol. The molecule has 1 unspecified atom stereocenters. The summed E-state index contributed by atoms with van der Waals surface area (Å²) in [6, 6.07) is 0. The fourth-order valence-electron chi connectivity index (χ4n) is 0.802. The molecule has 0 aliphatic carbocycles. The number of rotatable bonds is 5. The summed E-state index contributed by atoms with van der Waals surface area (Å²) in [6.45, 7) is 8.25. The van der Waals surface area contributed by atoms with E-state index in [0.717, 1.165) is 11.5 Å². The lowest BCUT2D eigenvalue weighted by molar-refractivity contribution is -0.143. The summed E-state index contributed by atoms with van der Waals surface area (Å²) in [7, 11) is 1.44. The Balaban J connectivity index is 3.75. The number of methoxy groups -OCH3 is 1. The van der Waals surface area contributed by atoms with E-state index in [2.05, 4.69) is 25.5 Å². The van der Waals surface area contributed by atoms with E-state index in [9.17, 15) is 4.79 Å². The van der Waals surface area contributed by atoms with Crippen LogP contribution in [-0.2, 0) is 9.53 Å². The van der Waals surface area contributed by atoms with Crippen molar-refractivity contribution in [2.45, 2.75) is 27.7 Å².